The zero-order valence-electron chi connectivity index (χ0n) is 17.8. The van der Waals surface area contributed by atoms with Crippen molar-refractivity contribution in [1.82, 2.24) is 15.3 Å². The normalized spacial score (nSPS) is 13.2. The lowest BCUT2D eigenvalue weighted by molar-refractivity contribution is 0.0945. The highest BCUT2D eigenvalue weighted by Gasteiger charge is 2.28. The predicted octanol–water partition coefficient (Wildman–Crippen LogP) is 3.79. The molecule has 0 saturated carbocycles. The molecule has 3 heterocycles. The second-order valence-electron chi connectivity index (χ2n) is 7.59. The average molecular weight is 441 g/mol. The lowest BCUT2D eigenvalue weighted by Crippen LogP contribution is -2.32. The monoisotopic (exact) mass is 441 g/mol. The summed E-state index contributed by atoms with van der Waals surface area (Å²) in [4.78, 5) is 20.4. The Morgan fingerprint density at radius 3 is 2.75 bits per heavy atom. The Labute approximate surface area is 185 Å². The topological polar surface area (TPSA) is 76.2 Å². The van der Waals surface area contributed by atoms with Crippen LogP contribution in [0.5, 0.6) is 5.75 Å². The van der Waals surface area contributed by atoms with Gasteiger partial charge in [-0.15, -0.1) is 0 Å². The average Bonchev–Trinajstić information content (AvgIpc) is 3.15. The molecular weight excluding hydrogens is 416 g/mol. The van der Waals surface area contributed by atoms with Crippen molar-refractivity contribution in [3.05, 3.63) is 70.7 Å². The van der Waals surface area contributed by atoms with E-state index in [9.17, 15) is 13.6 Å². The van der Waals surface area contributed by atoms with E-state index in [0.29, 0.717) is 49.5 Å². The summed E-state index contributed by atoms with van der Waals surface area (Å²) < 4.78 is 37.2. The summed E-state index contributed by atoms with van der Waals surface area (Å²) in [5.41, 5.74) is 5.04. The lowest BCUT2D eigenvalue weighted by Gasteiger charge is -2.16. The first-order valence-electron chi connectivity index (χ1n) is 10.5. The number of H-pyrrole nitrogens is 1. The van der Waals surface area contributed by atoms with Crippen LogP contribution in [0.2, 0.25) is 0 Å². The van der Waals surface area contributed by atoms with Crippen molar-refractivity contribution in [3.8, 4) is 17.0 Å². The summed E-state index contributed by atoms with van der Waals surface area (Å²) in [7, 11) is 1.60. The highest BCUT2D eigenvalue weighted by Crippen LogP contribution is 2.37. The molecule has 0 bridgehead atoms. The Bertz CT molecular complexity index is 1100. The SMILES string of the molecule is COCCOc1cnccc1-c1[nH]c2c(c1Cc1ccccc1CC(F)F)C(=O)NCC2. The van der Waals surface area contributed by atoms with Crippen molar-refractivity contribution < 1.29 is 23.0 Å². The van der Waals surface area contributed by atoms with Gasteiger partial charge in [-0.3, -0.25) is 9.78 Å². The molecule has 1 aliphatic rings. The van der Waals surface area contributed by atoms with Gasteiger partial charge in [0.15, 0.2) is 0 Å². The van der Waals surface area contributed by atoms with Gasteiger partial charge in [-0.25, -0.2) is 8.78 Å². The van der Waals surface area contributed by atoms with E-state index < -0.39 is 6.43 Å². The molecule has 168 valence electrons. The van der Waals surface area contributed by atoms with Crippen molar-refractivity contribution in [2.24, 2.45) is 0 Å². The number of benzene rings is 1. The van der Waals surface area contributed by atoms with Crippen molar-refractivity contribution in [1.29, 1.82) is 0 Å². The number of carbonyl (C=O) groups excluding carboxylic acids is 1. The molecule has 2 N–H and O–H groups in total. The molecule has 0 radical (unpaired) electrons. The van der Waals surface area contributed by atoms with Crippen LogP contribution in [-0.2, 0) is 24.0 Å². The smallest absolute Gasteiger partial charge is 0.253 e. The molecule has 0 unspecified atom stereocenters. The number of ether oxygens (including phenoxy) is 2. The van der Waals surface area contributed by atoms with E-state index in [0.717, 1.165) is 28.1 Å². The van der Waals surface area contributed by atoms with Gasteiger partial charge >= 0.3 is 0 Å². The quantitative estimate of drug-likeness (QED) is 0.496. The van der Waals surface area contributed by atoms with Gasteiger partial charge in [-0.1, -0.05) is 24.3 Å². The lowest BCUT2D eigenvalue weighted by atomic mass is 9.92. The van der Waals surface area contributed by atoms with Crippen LogP contribution in [0.25, 0.3) is 11.3 Å². The number of nitrogens with zero attached hydrogens (tertiary/aromatic N) is 1. The van der Waals surface area contributed by atoms with E-state index in [1.807, 2.05) is 18.2 Å². The molecular formula is C24H25F2N3O3. The number of amides is 1. The fourth-order valence-electron chi connectivity index (χ4n) is 4.08. The number of hydrogen-bond donors (Lipinski definition) is 2. The number of halogens is 2. The molecule has 8 heteroatoms. The molecule has 0 aliphatic carbocycles. The van der Waals surface area contributed by atoms with E-state index in [-0.39, 0.29) is 12.3 Å². The van der Waals surface area contributed by atoms with E-state index in [1.54, 1.807) is 31.6 Å². The van der Waals surface area contributed by atoms with Gasteiger partial charge in [-0.2, -0.15) is 0 Å². The van der Waals surface area contributed by atoms with Crippen LogP contribution in [-0.4, -0.2) is 49.2 Å². The van der Waals surface area contributed by atoms with Gasteiger partial charge in [0, 0.05) is 50.4 Å². The van der Waals surface area contributed by atoms with E-state index in [2.05, 4.69) is 15.3 Å². The first-order chi connectivity index (χ1) is 15.6. The van der Waals surface area contributed by atoms with E-state index in [4.69, 9.17) is 9.47 Å². The molecule has 1 aromatic carbocycles. The standard InChI is InChI=1S/C24H25F2N3O3/c1-31-10-11-32-20-14-27-8-6-17(20)23-18(22-19(29-23)7-9-28-24(22)30)12-15-4-2-3-5-16(15)13-21(25)26/h2-6,8,14,21,29H,7,9-13H2,1H3,(H,28,30). The Morgan fingerprint density at radius 1 is 1.16 bits per heavy atom. The van der Waals surface area contributed by atoms with Crippen LogP contribution in [0.4, 0.5) is 8.78 Å². The summed E-state index contributed by atoms with van der Waals surface area (Å²) in [5.74, 6) is 0.400. The molecule has 3 aromatic rings. The fourth-order valence-corrected chi connectivity index (χ4v) is 4.08. The number of methoxy groups -OCH3 is 1. The second kappa shape index (κ2) is 9.91. The Kier molecular flexibility index (Phi) is 6.80. The number of rotatable bonds is 9. The van der Waals surface area contributed by atoms with E-state index >= 15 is 0 Å². The first-order valence-corrected chi connectivity index (χ1v) is 10.5. The Morgan fingerprint density at radius 2 is 1.97 bits per heavy atom. The second-order valence-corrected chi connectivity index (χ2v) is 7.59. The van der Waals surface area contributed by atoms with Crippen LogP contribution in [0, 0.1) is 0 Å². The molecule has 2 aromatic heterocycles. The maximum atomic E-state index is 13.2. The number of carbonyl (C=O) groups is 1. The molecule has 1 aliphatic heterocycles. The first kappa shape index (κ1) is 22.0. The fraction of sp³-hybridized carbons (Fsp3) is 0.333. The summed E-state index contributed by atoms with van der Waals surface area (Å²) >= 11 is 0. The van der Waals surface area contributed by atoms with Crippen molar-refractivity contribution in [2.75, 3.05) is 26.9 Å². The van der Waals surface area contributed by atoms with Crippen molar-refractivity contribution >= 4 is 5.91 Å². The van der Waals surface area contributed by atoms with Gasteiger partial charge in [0.05, 0.1) is 24.1 Å². The largest absolute Gasteiger partial charge is 0.489 e. The molecule has 6 nitrogen and oxygen atoms in total. The van der Waals surface area contributed by atoms with Gasteiger partial charge in [0.1, 0.15) is 12.4 Å². The van der Waals surface area contributed by atoms with Crippen LogP contribution in [0.1, 0.15) is 32.7 Å². The van der Waals surface area contributed by atoms with Crippen LogP contribution in [0.15, 0.2) is 42.7 Å². The highest BCUT2D eigenvalue weighted by atomic mass is 19.3. The zero-order chi connectivity index (χ0) is 22.5. The molecule has 0 fully saturated rings. The third-order valence-electron chi connectivity index (χ3n) is 5.53. The molecule has 4 rings (SSSR count). The van der Waals surface area contributed by atoms with Crippen LogP contribution in [0.3, 0.4) is 0 Å². The van der Waals surface area contributed by atoms with Gasteiger partial charge in [0.25, 0.3) is 5.91 Å². The Balaban J connectivity index is 1.81. The number of aromatic amines is 1. The van der Waals surface area contributed by atoms with Crippen LogP contribution >= 0.6 is 0 Å². The number of nitrogens with one attached hydrogen (secondary N) is 2. The van der Waals surface area contributed by atoms with Gasteiger partial charge in [0.2, 0.25) is 6.43 Å². The van der Waals surface area contributed by atoms with Crippen molar-refractivity contribution in [3.63, 3.8) is 0 Å². The van der Waals surface area contributed by atoms with Gasteiger partial charge < -0.3 is 19.8 Å². The minimum absolute atomic E-state index is 0.161. The summed E-state index contributed by atoms with van der Waals surface area (Å²) in [6, 6.07) is 8.96. The van der Waals surface area contributed by atoms with E-state index in [1.165, 1.54) is 0 Å². The summed E-state index contributed by atoms with van der Waals surface area (Å²) in [5, 5.41) is 2.89. The minimum Gasteiger partial charge on any atom is -0.489 e. The third-order valence-corrected chi connectivity index (χ3v) is 5.53. The number of alkyl halides is 2. The highest BCUT2D eigenvalue weighted by molar-refractivity contribution is 6.00. The molecule has 0 saturated heterocycles. The third kappa shape index (κ3) is 4.65. The van der Waals surface area contributed by atoms with Gasteiger partial charge in [-0.05, 0) is 22.8 Å². The molecule has 0 spiro atoms. The minimum atomic E-state index is -2.44. The number of pyridine rings is 1. The molecule has 0 atom stereocenters. The number of aromatic nitrogens is 2. The Hall–Kier alpha value is -3.26. The van der Waals surface area contributed by atoms with Crippen LogP contribution < -0.4 is 10.1 Å². The number of fused-ring (bicyclic) bond motifs is 1. The predicted molar refractivity (Wildman–Crippen MR) is 116 cm³/mol. The summed E-state index contributed by atoms with van der Waals surface area (Å²) in [6.45, 7) is 1.31. The molecule has 32 heavy (non-hydrogen) atoms. The number of hydrogen-bond acceptors (Lipinski definition) is 4. The van der Waals surface area contributed by atoms with Crippen molar-refractivity contribution in [2.45, 2.75) is 25.7 Å². The maximum absolute atomic E-state index is 13.2. The zero-order valence-corrected chi connectivity index (χ0v) is 17.8. The molecule has 1 amide bonds. The summed E-state index contributed by atoms with van der Waals surface area (Å²) in [6.07, 6.45) is 1.52. The maximum Gasteiger partial charge on any atom is 0.253 e.